The first kappa shape index (κ1) is 21.6. The van der Waals surface area contributed by atoms with Crippen LogP contribution in [-0.2, 0) is 23.9 Å². The van der Waals surface area contributed by atoms with Gasteiger partial charge >= 0.3 is 18.0 Å². The molecule has 1 aliphatic heterocycles. The van der Waals surface area contributed by atoms with Crippen LogP contribution in [-0.4, -0.2) is 49.7 Å². The summed E-state index contributed by atoms with van der Waals surface area (Å²) in [6, 6.07) is -1.06. The van der Waals surface area contributed by atoms with Crippen LogP contribution in [0, 0.1) is 23.2 Å². The van der Waals surface area contributed by atoms with Crippen molar-refractivity contribution in [3.05, 3.63) is 11.3 Å². The number of rotatable bonds is 7. The van der Waals surface area contributed by atoms with Crippen molar-refractivity contribution in [3.63, 3.8) is 0 Å². The SMILES string of the molecule is CCOC(=O)C1=C(COC(=O)CNC(=O)C23CC4CC(CC(C4)C2)C3)NC(=O)N[C@@H]1C. The molecule has 0 saturated heterocycles. The molecule has 0 aromatic heterocycles. The second-order valence-electron chi connectivity index (χ2n) is 9.47. The van der Waals surface area contributed by atoms with Gasteiger partial charge < -0.3 is 25.4 Å². The molecule has 4 saturated carbocycles. The van der Waals surface area contributed by atoms with E-state index in [1.807, 2.05) is 0 Å². The predicted molar refractivity (Wildman–Crippen MR) is 109 cm³/mol. The Morgan fingerprint density at radius 2 is 1.68 bits per heavy atom. The number of urea groups is 1. The number of ether oxygens (including phenoxy) is 2. The van der Waals surface area contributed by atoms with Crippen molar-refractivity contribution >= 4 is 23.9 Å². The topological polar surface area (TPSA) is 123 Å². The largest absolute Gasteiger partial charge is 0.463 e. The molecule has 9 nitrogen and oxygen atoms in total. The van der Waals surface area contributed by atoms with Crippen LogP contribution in [0.2, 0.25) is 0 Å². The van der Waals surface area contributed by atoms with E-state index in [0.29, 0.717) is 17.8 Å². The maximum Gasteiger partial charge on any atom is 0.338 e. The minimum absolute atomic E-state index is 0.0428. The number of amides is 3. The van der Waals surface area contributed by atoms with Gasteiger partial charge in [-0.25, -0.2) is 9.59 Å². The molecule has 0 aromatic carbocycles. The van der Waals surface area contributed by atoms with Crippen LogP contribution >= 0.6 is 0 Å². The number of carbonyl (C=O) groups excluding carboxylic acids is 4. The Labute approximate surface area is 181 Å². The molecule has 1 atom stereocenters. The molecule has 0 radical (unpaired) electrons. The van der Waals surface area contributed by atoms with Crippen molar-refractivity contribution < 1.29 is 28.7 Å². The van der Waals surface area contributed by atoms with E-state index in [4.69, 9.17) is 9.47 Å². The molecule has 0 unspecified atom stereocenters. The van der Waals surface area contributed by atoms with Crippen molar-refractivity contribution in [1.29, 1.82) is 0 Å². The number of nitrogens with one attached hydrogen (secondary N) is 3. The number of carbonyl (C=O) groups is 4. The summed E-state index contributed by atoms with van der Waals surface area (Å²) in [6.07, 6.45) is 6.49. The van der Waals surface area contributed by atoms with Gasteiger partial charge in [-0.15, -0.1) is 0 Å². The van der Waals surface area contributed by atoms with Gasteiger partial charge in [0.1, 0.15) is 13.2 Å². The first-order chi connectivity index (χ1) is 14.8. The first-order valence-electron chi connectivity index (χ1n) is 11.2. The number of esters is 2. The lowest BCUT2D eigenvalue weighted by Gasteiger charge is -2.55. The summed E-state index contributed by atoms with van der Waals surface area (Å²) in [6.45, 7) is 3.01. The highest BCUT2D eigenvalue weighted by Crippen LogP contribution is 2.60. The van der Waals surface area contributed by atoms with Crippen molar-refractivity contribution in [1.82, 2.24) is 16.0 Å². The Morgan fingerprint density at radius 1 is 1.06 bits per heavy atom. The normalized spacial score (nSPS) is 33.4. The molecule has 31 heavy (non-hydrogen) atoms. The average molecular weight is 434 g/mol. The van der Waals surface area contributed by atoms with E-state index in [-0.39, 0.29) is 42.4 Å². The second kappa shape index (κ2) is 8.51. The molecule has 0 aromatic rings. The van der Waals surface area contributed by atoms with Crippen LogP contribution in [0.3, 0.4) is 0 Å². The van der Waals surface area contributed by atoms with Crippen LogP contribution in [0.25, 0.3) is 0 Å². The van der Waals surface area contributed by atoms with Crippen molar-refractivity contribution in [2.24, 2.45) is 23.2 Å². The van der Waals surface area contributed by atoms with E-state index in [1.54, 1.807) is 13.8 Å². The van der Waals surface area contributed by atoms with Crippen molar-refractivity contribution in [2.75, 3.05) is 19.8 Å². The Morgan fingerprint density at radius 3 is 2.26 bits per heavy atom. The van der Waals surface area contributed by atoms with Crippen molar-refractivity contribution in [3.8, 4) is 0 Å². The maximum absolute atomic E-state index is 13.0. The molecule has 1 heterocycles. The van der Waals surface area contributed by atoms with E-state index in [9.17, 15) is 19.2 Å². The van der Waals surface area contributed by atoms with E-state index in [1.165, 1.54) is 19.3 Å². The Hall–Kier alpha value is -2.58. The van der Waals surface area contributed by atoms with E-state index >= 15 is 0 Å². The maximum atomic E-state index is 13.0. The Balaban J connectivity index is 1.32. The van der Waals surface area contributed by atoms with E-state index < -0.39 is 24.0 Å². The van der Waals surface area contributed by atoms with Gasteiger partial charge in [0, 0.05) is 5.41 Å². The van der Waals surface area contributed by atoms with Gasteiger partial charge in [-0.3, -0.25) is 9.59 Å². The summed E-state index contributed by atoms with van der Waals surface area (Å²) >= 11 is 0. The molecule has 5 aliphatic rings. The lowest BCUT2D eigenvalue weighted by Crippen LogP contribution is -2.54. The van der Waals surface area contributed by atoms with Gasteiger partial charge in [0.15, 0.2) is 0 Å². The monoisotopic (exact) mass is 433 g/mol. The number of hydrogen-bond donors (Lipinski definition) is 3. The zero-order valence-electron chi connectivity index (χ0n) is 18.1. The molecule has 3 amide bonds. The third-order valence-corrected chi connectivity index (χ3v) is 7.16. The third kappa shape index (κ3) is 4.41. The standard InChI is InChI=1S/C22H31N3O6/c1-3-30-19(27)18-12(2)24-21(29)25-16(18)11-31-17(26)10-23-20(28)22-7-13-4-14(8-22)6-15(5-13)9-22/h12-15H,3-11H2,1-2H3,(H,23,28)(H2,24,25,29)/t12-,13?,14?,15?,22?/m1/s1. The van der Waals surface area contributed by atoms with Gasteiger partial charge in [-0.2, -0.15) is 0 Å². The molecule has 9 heteroatoms. The lowest BCUT2D eigenvalue weighted by atomic mass is 9.49. The van der Waals surface area contributed by atoms with Gasteiger partial charge in [-0.05, 0) is 70.1 Å². The van der Waals surface area contributed by atoms with Crippen LogP contribution in [0.1, 0.15) is 52.4 Å². The Bertz CT molecular complexity index is 785. The summed E-state index contributed by atoms with van der Waals surface area (Å²) in [7, 11) is 0. The molecular weight excluding hydrogens is 402 g/mol. The van der Waals surface area contributed by atoms with Crippen LogP contribution in [0.5, 0.6) is 0 Å². The summed E-state index contributed by atoms with van der Waals surface area (Å²) in [5, 5.41) is 7.87. The number of hydrogen-bond acceptors (Lipinski definition) is 6. The third-order valence-electron chi connectivity index (χ3n) is 7.16. The van der Waals surface area contributed by atoms with Gasteiger partial charge in [0.2, 0.25) is 5.91 Å². The Kier molecular flexibility index (Phi) is 5.94. The zero-order valence-corrected chi connectivity index (χ0v) is 18.1. The lowest BCUT2D eigenvalue weighted by molar-refractivity contribution is -0.150. The quantitative estimate of drug-likeness (QED) is 0.522. The molecule has 4 aliphatic carbocycles. The molecule has 4 fully saturated rings. The molecule has 170 valence electrons. The van der Waals surface area contributed by atoms with Crippen molar-refractivity contribution in [2.45, 2.75) is 58.4 Å². The summed E-state index contributed by atoms with van der Waals surface area (Å²) in [5.74, 6) is 0.685. The summed E-state index contributed by atoms with van der Waals surface area (Å²) < 4.78 is 10.3. The molecule has 5 rings (SSSR count). The molecule has 4 bridgehead atoms. The van der Waals surface area contributed by atoms with Gasteiger partial charge in [0.25, 0.3) is 0 Å². The van der Waals surface area contributed by atoms with Crippen LogP contribution < -0.4 is 16.0 Å². The fourth-order valence-electron chi connectivity index (χ4n) is 6.33. The predicted octanol–water partition coefficient (Wildman–Crippen LogP) is 1.38. The highest BCUT2D eigenvalue weighted by Gasteiger charge is 2.54. The van der Waals surface area contributed by atoms with Gasteiger partial charge in [-0.1, -0.05) is 0 Å². The fourth-order valence-corrected chi connectivity index (χ4v) is 6.33. The van der Waals surface area contributed by atoms with E-state index in [0.717, 1.165) is 19.3 Å². The minimum atomic E-state index is -0.616. The molecular formula is C22H31N3O6. The summed E-state index contributed by atoms with van der Waals surface area (Å²) in [5.41, 5.74) is 0.0786. The smallest absolute Gasteiger partial charge is 0.338 e. The summed E-state index contributed by atoms with van der Waals surface area (Å²) in [4.78, 5) is 49.2. The second-order valence-corrected chi connectivity index (χ2v) is 9.47. The highest BCUT2D eigenvalue weighted by molar-refractivity contribution is 5.94. The van der Waals surface area contributed by atoms with Gasteiger partial charge in [0.05, 0.1) is 23.9 Å². The molecule has 3 N–H and O–H groups in total. The molecule has 0 spiro atoms. The minimum Gasteiger partial charge on any atom is -0.463 e. The highest BCUT2D eigenvalue weighted by atomic mass is 16.5. The average Bonchev–Trinajstić information content (AvgIpc) is 2.69. The van der Waals surface area contributed by atoms with Crippen LogP contribution in [0.15, 0.2) is 11.3 Å². The first-order valence-corrected chi connectivity index (χ1v) is 11.2. The fraction of sp³-hybridized carbons (Fsp3) is 0.727. The zero-order chi connectivity index (χ0) is 22.2. The van der Waals surface area contributed by atoms with E-state index in [2.05, 4.69) is 16.0 Å². The van der Waals surface area contributed by atoms with Crippen LogP contribution in [0.4, 0.5) is 4.79 Å².